The zero-order valence-corrected chi connectivity index (χ0v) is 13.7. The van der Waals surface area contributed by atoms with Crippen molar-refractivity contribution >= 4 is 27.6 Å². The number of nitrogens with zero attached hydrogens (tertiary/aromatic N) is 1. The Morgan fingerprint density at radius 3 is 2.24 bits per heavy atom. The van der Waals surface area contributed by atoms with Crippen LogP contribution in [0.1, 0.15) is 24.1 Å². The van der Waals surface area contributed by atoms with Gasteiger partial charge >= 0.3 is 5.97 Å². The van der Waals surface area contributed by atoms with E-state index < -0.39 is 5.97 Å². The molecule has 0 bridgehead atoms. The molecule has 0 aliphatic carbocycles. The zero-order valence-electron chi connectivity index (χ0n) is 12.1. The van der Waals surface area contributed by atoms with Crippen LogP contribution in [0.15, 0.2) is 53.0 Å². The summed E-state index contributed by atoms with van der Waals surface area (Å²) in [5.74, 6) is -0.834. The molecule has 110 valence electrons. The van der Waals surface area contributed by atoms with Crippen molar-refractivity contribution in [1.82, 2.24) is 0 Å². The summed E-state index contributed by atoms with van der Waals surface area (Å²) in [5.41, 5.74) is 3.16. The average molecular weight is 348 g/mol. The van der Waals surface area contributed by atoms with Crippen LogP contribution in [0.3, 0.4) is 0 Å². The molecule has 2 aromatic carbocycles. The Labute approximate surface area is 133 Å². The molecule has 1 N–H and O–H groups in total. The summed E-state index contributed by atoms with van der Waals surface area (Å²) >= 11 is 3.42. The molecule has 21 heavy (non-hydrogen) atoms. The summed E-state index contributed by atoms with van der Waals surface area (Å²) in [7, 11) is 0. The van der Waals surface area contributed by atoms with Crippen molar-refractivity contribution in [2.75, 3.05) is 11.4 Å². The van der Waals surface area contributed by atoms with E-state index in [-0.39, 0.29) is 12.6 Å². The second-order valence-electron chi connectivity index (χ2n) is 5.08. The lowest BCUT2D eigenvalue weighted by atomic mass is 10.1. The van der Waals surface area contributed by atoms with E-state index in [9.17, 15) is 9.90 Å². The highest BCUT2D eigenvalue weighted by Gasteiger charge is 2.19. The van der Waals surface area contributed by atoms with Gasteiger partial charge in [-0.3, -0.25) is 4.79 Å². The number of carboxylic acids is 1. The van der Waals surface area contributed by atoms with E-state index in [4.69, 9.17) is 0 Å². The minimum Gasteiger partial charge on any atom is -0.480 e. The summed E-state index contributed by atoms with van der Waals surface area (Å²) in [6, 6.07) is 15.9. The number of aliphatic carboxylic acids is 1. The highest BCUT2D eigenvalue weighted by atomic mass is 79.9. The Bertz CT molecular complexity index is 608. The van der Waals surface area contributed by atoms with Crippen LogP contribution in [0.25, 0.3) is 0 Å². The molecule has 0 aliphatic rings. The van der Waals surface area contributed by atoms with Gasteiger partial charge in [-0.15, -0.1) is 0 Å². The number of carboxylic acid groups (broad SMARTS) is 1. The van der Waals surface area contributed by atoms with Crippen LogP contribution in [-0.4, -0.2) is 17.6 Å². The highest BCUT2D eigenvalue weighted by Crippen LogP contribution is 2.27. The molecule has 0 amide bonds. The van der Waals surface area contributed by atoms with Gasteiger partial charge in [-0.2, -0.15) is 0 Å². The summed E-state index contributed by atoms with van der Waals surface area (Å²) in [5, 5.41) is 9.19. The first kappa shape index (κ1) is 15.6. The third-order valence-corrected chi connectivity index (χ3v) is 4.02. The molecule has 0 saturated heterocycles. The first-order valence-corrected chi connectivity index (χ1v) is 7.57. The number of anilines is 1. The predicted molar refractivity (Wildman–Crippen MR) is 88.7 cm³/mol. The Kier molecular flexibility index (Phi) is 5.02. The van der Waals surface area contributed by atoms with Gasteiger partial charge in [0.25, 0.3) is 0 Å². The first-order valence-electron chi connectivity index (χ1n) is 6.78. The molecule has 3 nitrogen and oxygen atoms in total. The monoisotopic (exact) mass is 347 g/mol. The smallest absolute Gasteiger partial charge is 0.323 e. The van der Waals surface area contributed by atoms with E-state index in [1.807, 2.05) is 67.3 Å². The SMILES string of the molecule is Cc1ccc(N(CC(=O)O)C(C)c2ccc(Br)cc2)cc1. The Morgan fingerprint density at radius 2 is 1.71 bits per heavy atom. The molecule has 1 unspecified atom stereocenters. The molecule has 2 aromatic rings. The number of hydrogen-bond acceptors (Lipinski definition) is 2. The fourth-order valence-electron chi connectivity index (χ4n) is 2.26. The standard InChI is InChI=1S/C17H18BrNO2/c1-12-3-9-16(10-4-12)19(11-17(20)21)13(2)14-5-7-15(18)8-6-14/h3-10,13H,11H2,1-2H3,(H,20,21). The second kappa shape index (κ2) is 6.76. The Morgan fingerprint density at radius 1 is 1.14 bits per heavy atom. The Hall–Kier alpha value is -1.81. The normalized spacial score (nSPS) is 12.0. The molecule has 0 saturated carbocycles. The van der Waals surface area contributed by atoms with Crippen molar-refractivity contribution in [3.63, 3.8) is 0 Å². The van der Waals surface area contributed by atoms with Gasteiger partial charge in [0.1, 0.15) is 6.54 Å². The Balaban J connectivity index is 2.32. The number of carbonyl (C=O) groups is 1. The molecular weight excluding hydrogens is 330 g/mol. The van der Waals surface area contributed by atoms with Crippen LogP contribution >= 0.6 is 15.9 Å². The molecule has 4 heteroatoms. The predicted octanol–water partition coefficient (Wildman–Crippen LogP) is 4.41. The lowest BCUT2D eigenvalue weighted by Gasteiger charge is -2.30. The number of benzene rings is 2. The summed E-state index contributed by atoms with van der Waals surface area (Å²) < 4.78 is 1.01. The minimum atomic E-state index is -0.834. The summed E-state index contributed by atoms with van der Waals surface area (Å²) in [4.78, 5) is 13.1. The third-order valence-electron chi connectivity index (χ3n) is 3.49. The van der Waals surface area contributed by atoms with Gasteiger partial charge in [-0.1, -0.05) is 45.8 Å². The van der Waals surface area contributed by atoms with E-state index in [0.717, 1.165) is 21.3 Å². The van der Waals surface area contributed by atoms with Crippen LogP contribution in [-0.2, 0) is 4.79 Å². The van der Waals surface area contributed by atoms with E-state index in [0.29, 0.717) is 0 Å². The van der Waals surface area contributed by atoms with Crippen LogP contribution in [0.2, 0.25) is 0 Å². The number of aryl methyl sites for hydroxylation is 1. The van der Waals surface area contributed by atoms with Crippen molar-refractivity contribution in [1.29, 1.82) is 0 Å². The van der Waals surface area contributed by atoms with E-state index in [1.165, 1.54) is 0 Å². The van der Waals surface area contributed by atoms with Gasteiger partial charge in [0.15, 0.2) is 0 Å². The number of rotatable bonds is 5. The van der Waals surface area contributed by atoms with Gasteiger partial charge in [-0.05, 0) is 43.7 Å². The zero-order chi connectivity index (χ0) is 15.4. The van der Waals surface area contributed by atoms with E-state index >= 15 is 0 Å². The van der Waals surface area contributed by atoms with Gasteiger partial charge in [0.05, 0.1) is 6.04 Å². The maximum absolute atomic E-state index is 11.2. The van der Waals surface area contributed by atoms with Crippen molar-refractivity contribution in [3.8, 4) is 0 Å². The molecule has 1 atom stereocenters. The van der Waals surface area contributed by atoms with Crippen LogP contribution in [0, 0.1) is 6.92 Å². The topological polar surface area (TPSA) is 40.5 Å². The summed E-state index contributed by atoms with van der Waals surface area (Å²) in [6.45, 7) is 4.01. The maximum Gasteiger partial charge on any atom is 0.323 e. The summed E-state index contributed by atoms with van der Waals surface area (Å²) in [6.07, 6.45) is 0. The van der Waals surface area contributed by atoms with E-state index in [2.05, 4.69) is 15.9 Å². The minimum absolute atomic E-state index is 0.0168. The van der Waals surface area contributed by atoms with E-state index in [1.54, 1.807) is 0 Å². The lowest BCUT2D eigenvalue weighted by Crippen LogP contribution is -2.32. The molecule has 2 rings (SSSR count). The number of hydrogen-bond donors (Lipinski definition) is 1. The van der Waals surface area contributed by atoms with Crippen LogP contribution < -0.4 is 4.90 Å². The maximum atomic E-state index is 11.2. The molecule has 0 aliphatic heterocycles. The number of halogens is 1. The van der Waals surface area contributed by atoms with Gasteiger partial charge < -0.3 is 10.0 Å². The second-order valence-corrected chi connectivity index (χ2v) is 6.00. The quantitative estimate of drug-likeness (QED) is 0.870. The van der Waals surface area contributed by atoms with Crippen LogP contribution in [0.5, 0.6) is 0 Å². The molecule has 0 spiro atoms. The fourth-order valence-corrected chi connectivity index (χ4v) is 2.52. The first-order chi connectivity index (χ1) is 9.97. The fraction of sp³-hybridized carbons (Fsp3) is 0.235. The van der Waals surface area contributed by atoms with Crippen molar-refractivity contribution in [2.45, 2.75) is 19.9 Å². The molecule has 0 fully saturated rings. The largest absolute Gasteiger partial charge is 0.480 e. The molecule has 0 aromatic heterocycles. The van der Waals surface area contributed by atoms with Gasteiger partial charge in [0, 0.05) is 10.2 Å². The van der Waals surface area contributed by atoms with Crippen molar-refractivity contribution in [2.24, 2.45) is 0 Å². The van der Waals surface area contributed by atoms with Crippen molar-refractivity contribution < 1.29 is 9.90 Å². The van der Waals surface area contributed by atoms with Crippen LogP contribution in [0.4, 0.5) is 5.69 Å². The lowest BCUT2D eigenvalue weighted by molar-refractivity contribution is -0.135. The van der Waals surface area contributed by atoms with Gasteiger partial charge in [0.2, 0.25) is 0 Å². The average Bonchev–Trinajstić information content (AvgIpc) is 2.46. The molecule has 0 heterocycles. The molecule has 0 radical (unpaired) electrons. The molecular formula is C17H18BrNO2. The highest BCUT2D eigenvalue weighted by molar-refractivity contribution is 9.10. The third kappa shape index (κ3) is 4.08. The van der Waals surface area contributed by atoms with Crippen molar-refractivity contribution in [3.05, 3.63) is 64.1 Å². The van der Waals surface area contributed by atoms with Gasteiger partial charge in [-0.25, -0.2) is 0 Å².